The molecule has 2 aliphatic rings. The lowest BCUT2D eigenvalue weighted by atomic mass is 10.4. The zero-order valence-electron chi connectivity index (χ0n) is 20.7. The molecule has 0 fully saturated rings. The van der Waals surface area contributed by atoms with Gasteiger partial charge in [-0.25, -0.2) is 0 Å². The lowest BCUT2D eigenvalue weighted by molar-refractivity contribution is 0.902. The summed E-state index contributed by atoms with van der Waals surface area (Å²) in [5.41, 5.74) is 3.76. The number of nitrogens with zero attached hydrogens (tertiary/aromatic N) is 8. The molecular weight excluding hydrogens is 648 g/mol. The smallest absolute Gasteiger partial charge is 0.274 e. The molecule has 200 valence electrons. The van der Waals surface area contributed by atoms with E-state index in [0.29, 0.717) is 9.54 Å². The second-order valence-corrected chi connectivity index (χ2v) is 25.6. The third-order valence-corrected chi connectivity index (χ3v) is 23.2. The molecule has 0 bridgehead atoms. The van der Waals surface area contributed by atoms with Crippen molar-refractivity contribution in [1.82, 2.24) is 38.2 Å². The van der Waals surface area contributed by atoms with Gasteiger partial charge in [0.2, 0.25) is 0 Å². The van der Waals surface area contributed by atoms with Crippen LogP contribution in [0, 0.1) is 9.54 Å². The summed E-state index contributed by atoms with van der Waals surface area (Å²) in [5.74, 6) is 0. The number of pyridine rings is 4. The van der Waals surface area contributed by atoms with Crippen LogP contribution in [0.1, 0.15) is 0 Å². The summed E-state index contributed by atoms with van der Waals surface area (Å²) in [6.45, 7) is 0. The minimum atomic E-state index is -1.89. The van der Waals surface area contributed by atoms with E-state index in [4.69, 9.17) is 24.4 Å². The molecule has 0 saturated heterocycles. The van der Waals surface area contributed by atoms with E-state index in [0.717, 1.165) is 42.9 Å². The quantitative estimate of drug-likeness (QED) is 0.135. The first-order valence-electron chi connectivity index (χ1n) is 12.2. The van der Waals surface area contributed by atoms with Crippen molar-refractivity contribution in [3.63, 3.8) is 0 Å². The average Bonchev–Trinajstić information content (AvgIpc) is 3.69. The van der Waals surface area contributed by atoms with Crippen molar-refractivity contribution >= 4 is 74.0 Å². The fourth-order valence-corrected chi connectivity index (χ4v) is 24.6. The Morgan fingerprint density at radius 3 is 0.951 bits per heavy atom. The molecular formula is C26H16N8PS6+. The normalized spacial score (nSPS) is 14.8. The average molecular weight is 664 g/mol. The topological polar surface area (TPSA) is 71.3 Å². The summed E-state index contributed by atoms with van der Waals surface area (Å²) in [4.78, 5) is 17.5. The van der Waals surface area contributed by atoms with Gasteiger partial charge in [-0.1, -0.05) is 0 Å². The minimum Gasteiger partial charge on any atom is -0.274 e. The zero-order chi connectivity index (χ0) is 27.6. The number of imidazole rings is 2. The Hall–Kier alpha value is -2.71. The van der Waals surface area contributed by atoms with Gasteiger partial charge < -0.3 is 0 Å². The Labute approximate surface area is 261 Å². The molecule has 15 heteroatoms. The molecule has 0 unspecified atom stereocenters. The van der Waals surface area contributed by atoms with Crippen molar-refractivity contribution in [2.45, 2.75) is 20.1 Å². The Morgan fingerprint density at radius 2 is 0.732 bits per heavy atom. The molecule has 0 aliphatic carbocycles. The third-order valence-electron chi connectivity index (χ3n) is 6.35. The summed E-state index contributed by atoms with van der Waals surface area (Å²) in [5, 5.41) is 4.48. The van der Waals surface area contributed by atoms with Crippen LogP contribution < -0.4 is 0 Å². The molecule has 0 atom stereocenters. The van der Waals surface area contributed by atoms with Gasteiger partial charge in [-0.15, -0.1) is 0 Å². The molecule has 6 aromatic rings. The van der Waals surface area contributed by atoms with Crippen molar-refractivity contribution in [3.05, 3.63) is 108 Å². The predicted molar refractivity (Wildman–Crippen MR) is 173 cm³/mol. The SMILES string of the molecule is S=c1n(-c2cccnc2)c2c(n1-c1cccnc1)S[P+]1(S2)Sc2c(n(-c3cccnc3)c(=S)n2-c2cccnc2)S1. The standard InChI is InChI=1S/C26H16N8PS6/c36-25-31(17-5-1-9-27-13-17)21-22(32(25)18-6-2-10-28-14-18)39-35(38-21)40-23-24(41-35)34(20-8-4-12-30-16-20)26(37)33(23)19-7-3-11-29-15-19/h1-16H/q+1. The maximum Gasteiger partial charge on any atom is 0.275 e. The van der Waals surface area contributed by atoms with Gasteiger partial charge >= 0.3 is 0 Å². The van der Waals surface area contributed by atoms with Crippen LogP contribution in [-0.4, -0.2) is 38.2 Å². The van der Waals surface area contributed by atoms with Crippen LogP contribution in [0.2, 0.25) is 0 Å². The second kappa shape index (κ2) is 10.2. The Morgan fingerprint density at radius 1 is 0.463 bits per heavy atom. The van der Waals surface area contributed by atoms with E-state index < -0.39 is 4.07 Å². The van der Waals surface area contributed by atoms with Crippen molar-refractivity contribution in [2.24, 2.45) is 0 Å². The summed E-state index contributed by atoms with van der Waals surface area (Å²) in [7, 11) is 0. The molecule has 0 saturated carbocycles. The van der Waals surface area contributed by atoms with Crippen LogP contribution in [0.3, 0.4) is 0 Å². The van der Waals surface area contributed by atoms with Gasteiger partial charge in [-0.2, -0.15) is 0 Å². The van der Waals surface area contributed by atoms with Gasteiger partial charge in [0.05, 0.1) is 47.5 Å². The first-order chi connectivity index (χ1) is 20.1. The van der Waals surface area contributed by atoms with E-state index in [2.05, 4.69) is 38.2 Å². The summed E-state index contributed by atoms with van der Waals surface area (Å²) < 4.78 is 8.07. The monoisotopic (exact) mass is 663 g/mol. The number of rotatable bonds is 4. The van der Waals surface area contributed by atoms with Crippen molar-refractivity contribution < 1.29 is 0 Å². The molecule has 6 aromatic heterocycles. The summed E-state index contributed by atoms with van der Waals surface area (Å²) in [6.07, 6.45) is 14.6. The van der Waals surface area contributed by atoms with Gasteiger partial charge in [0, 0.05) is 24.8 Å². The molecule has 41 heavy (non-hydrogen) atoms. The zero-order valence-corrected chi connectivity index (χ0v) is 26.5. The first kappa shape index (κ1) is 26.0. The van der Waals surface area contributed by atoms with E-state index in [1.165, 1.54) is 0 Å². The number of hydrogen-bond donors (Lipinski definition) is 0. The Kier molecular flexibility index (Phi) is 6.48. The number of fused-ring (bicyclic) bond motifs is 2. The lowest BCUT2D eigenvalue weighted by Crippen LogP contribution is -2.01. The lowest BCUT2D eigenvalue weighted by Gasteiger charge is -2.13. The maximum atomic E-state index is 6.07. The fourth-order valence-electron chi connectivity index (χ4n) is 4.64. The van der Waals surface area contributed by atoms with Crippen molar-refractivity contribution in [1.29, 1.82) is 0 Å². The highest BCUT2D eigenvalue weighted by atomic mass is 33.6. The first-order valence-corrected chi connectivity index (χ1v) is 20.5. The van der Waals surface area contributed by atoms with Gasteiger partial charge in [-0.05, 0) is 73.0 Å². The van der Waals surface area contributed by atoms with Crippen LogP contribution in [0.25, 0.3) is 22.7 Å². The fraction of sp³-hybridized carbons (Fsp3) is 0. The molecule has 8 nitrogen and oxygen atoms in total. The highest BCUT2D eigenvalue weighted by Gasteiger charge is 2.63. The van der Waals surface area contributed by atoms with E-state index in [1.807, 2.05) is 119 Å². The molecule has 0 radical (unpaired) electrons. The Balaban J connectivity index is 1.30. The van der Waals surface area contributed by atoms with E-state index in [9.17, 15) is 0 Å². The molecule has 1 spiro atoms. The van der Waals surface area contributed by atoms with Gasteiger partial charge in [0.25, 0.3) is 4.07 Å². The second-order valence-electron chi connectivity index (χ2n) is 8.78. The van der Waals surface area contributed by atoms with Crippen LogP contribution in [-0.2, 0) is 0 Å². The van der Waals surface area contributed by atoms with E-state index >= 15 is 0 Å². The highest BCUT2D eigenvalue weighted by Crippen LogP contribution is 3.05. The molecule has 8 heterocycles. The maximum absolute atomic E-state index is 6.07. The van der Waals surface area contributed by atoms with E-state index in [-0.39, 0.29) is 0 Å². The molecule has 0 N–H and O–H groups in total. The number of aromatic nitrogens is 8. The van der Waals surface area contributed by atoms with Crippen LogP contribution in [0.4, 0.5) is 0 Å². The van der Waals surface area contributed by atoms with Gasteiger partial charge in [0.15, 0.2) is 29.6 Å². The Bertz CT molecular complexity index is 1750. The van der Waals surface area contributed by atoms with Crippen LogP contribution in [0.15, 0.2) is 118 Å². The molecule has 0 amide bonds. The van der Waals surface area contributed by atoms with Crippen LogP contribution in [0.5, 0.6) is 0 Å². The van der Waals surface area contributed by atoms with Gasteiger partial charge in [0.1, 0.15) is 45.5 Å². The highest BCUT2D eigenvalue weighted by molar-refractivity contribution is 9.39. The van der Waals surface area contributed by atoms with E-state index in [1.54, 1.807) is 24.8 Å². The largest absolute Gasteiger partial charge is 0.275 e. The summed E-state index contributed by atoms with van der Waals surface area (Å²) >= 11 is 19.8. The summed E-state index contributed by atoms with van der Waals surface area (Å²) in [6, 6.07) is 16.0. The predicted octanol–water partition coefficient (Wildman–Crippen LogP) is 8.66. The van der Waals surface area contributed by atoms with Crippen molar-refractivity contribution in [2.75, 3.05) is 0 Å². The van der Waals surface area contributed by atoms with Crippen molar-refractivity contribution in [3.8, 4) is 22.7 Å². The number of hydrogen-bond acceptors (Lipinski definition) is 10. The molecule has 0 aromatic carbocycles. The van der Waals surface area contributed by atoms with Gasteiger partial charge in [-0.3, -0.25) is 38.2 Å². The molecule has 8 rings (SSSR count). The van der Waals surface area contributed by atoms with Crippen LogP contribution >= 0.6 is 74.0 Å². The minimum absolute atomic E-state index is 0.693. The third kappa shape index (κ3) is 4.19. The molecule has 2 aliphatic heterocycles.